The van der Waals surface area contributed by atoms with Crippen molar-refractivity contribution >= 4 is 11.6 Å². The highest BCUT2D eigenvalue weighted by atomic mass is 19.1. The maximum Gasteiger partial charge on any atom is 0.227 e. The van der Waals surface area contributed by atoms with Crippen LogP contribution in [-0.2, 0) is 4.79 Å². The third-order valence-corrected chi connectivity index (χ3v) is 2.93. The molecule has 1 aromatic heterocycles. The van der Waals surface area contributed by atoms with Crippen LogP contribution in [0.1, 0.15) is 13.3 Å². The number of hydrogen-bond acceptors (Lipinski definition) is 4. The monoisotopic (exact) mass is 277 g/mol. The molecule has 0 aliphatic carbocycles. The van der Waals surface area contributed by atoms with Crippen LogP contribution in [0.5, 0.6) is 0 Å². The van der Waals surface area contributed by atoms with Crippen LogP contribution in [0.15, 0.2) is 30.9 Å². The molecule has 1 atom stereocenters. The third-order valence-electron chi connectivity index (χ3n) is 2.93. The van der Waals surface area contributed by atoms with Gasteiger partial charge in [-0.3, -0.25) is 4.79 Å². The molecular formula is C13H16FN5O. The summed E-state index contributed by atoms with van der Waals surface area (Å²) in [6, 6.07) is 4.41. The Morgan fingerprint density at radius 3 is 2.95 bits per heavy atom. The van der Waals surface area contributed by atoms with Crippen LogP contribution in [0.3, 0.4) is 0 Å². The van der Waals surface area contributed by atoms with Gasteiger partial charge in [0.05, 0.1) is 0 Å². The predicted octanol–water partition coefficient (Wildman–Crippen LogP) is 1.33. The molecule has 20 heavy (non-hydrogen) atoms. The van der Waals surface area contributed by atoms with Gasteiger partial charge in [0, 0.05) is 11.6 Å². The highest BCUT2D eigenvalue weighted by Gasteiger charge is 2.13. The lowest BCUT2D eigenvalue weighted by atomic mass is 10.1. The molecule has 0 saturated carbocycles. The fourth-order valence-corrected chi connectivity index (χ4v) is 1.75. The summed E-state index contributed by atoms with van der Waals surface area (Å²) in [5.41, 5.74) is 6.08. The summed E-state index contributed by atoms with van der Waals surface area (Å²) in [6.45, 7) is 2.22. The Labute approximate surface area is 115 Å². The number of anilines is 1. The molecule has 1 heterocycles. The number of amides is 1. The molecule has 0 radical (unpaired) electrons. The van der Waals surface area contributed by atoms with E-state index in [1.54, 1.807) is 13.0 Å². The number of hydrogen-bond donors (Lipinski definition) is 2. The van der Waals surface area contributed by atoms with Gasteiger partial charge in [-0.2, -0.15) is 5.10 Å². The molecule has 2 aromatic rings. The highest BCUT2D eigenvalue weighted by Crippen LogP contribution is 2.18. The second kappa shape index (κ2) is 6.25. The summed E-state index contributed by atoms with van der Waals surface area (Å²) in [4.78, 5) is 15.6. The minimum atomic E-state index is -0.486. The molecule has 7 heteroatoms. The number of carbonyl (C=O) groups is 1. The van der Waals surface area contributed by atoms with Gasteiger partial charge >= 0.3 is 0 Å². The van der Waals surface area contributed by atoms with Crippen LogP contribution < -0.4 is 11.1 Å². The zero-order valence-electron chi connectivity index (χ0n) is 11.1. The lowest BCUT2D eigenvalue weighted by molar-refractivity contribution is -0.119. The first kappa shape index (κ1) is 14.1. The molecule has 1 unspecified atom stereocenters. The number of nitrogens with one attached hydrogen (secondary N) is 1. The standard InChI is InChI=1S/C13H16FN5O/c1-9(4-5-15)13(20)18-10-2-3-12(11(14)6-10)19-8-16-7-17-19/h2-3,6-9H,4-5,15H2,1H3,(H,18,20). The van der Waals surface area contributed by atoms with Gasteiger partial charge in [0.25, 0.3) is 0 Å². The highest BCUT2D eigenvalue weighted by molar-refractivity contribution is 5.92. The van der Waals surface area contributed by atoms with Gasteiger partial charge in [-0.1, -0.05) is 6.92 Å². The lowest BCUT2D eigenvalue weighted by Crippen LogP contribution is -2.22. The summed E-state index contributed by atoms with van der Waals surface area (Å²) < 4.78 is 15.3. The number of nitrogens with zero attached hydrogens (tertiary/aromatic N) is 3. The SMILES string of the molecule is CC(CCN)C(=O)Nc1ccc(-n2cncn2)c(F)c1. The van der Waals surface area contributed by atoms with Crippen molar-refractivity contribution in [2.75, 3.05) is 11.9 Å². The van der Waals surface area contributed by atoms with E-state index in [1.807, 2.05) is 0 Å². The van der Waals surface area contributed by atoms with Crippen molar-refractivity contribution in [2.45, 2.75) is 13.3 Å². The second-order valence-corrected chi connectivity index (χ2v) is 4.47. The van der Waals surface area contributed by atoms with Crippen molar-refractivity contribution in [3.05, 3.63) is 36.7 Å². The number of carbonyl (C=O) groups excluding carboxylic acids is 1. The molecule has 106 valence electrons. The lowest BCUT2D eigenvalue weighted by Gasteiger charge is -2.12. The zero-order chi connectivity index (χ0) is 14.5. The molecule has 0 spiro atoms. The molecule has 0 fully saturated rings. The van der Waals surface area contributed by atoms with Crippen LogP contribution in [0.2, 0.25) is 0 Å². The maximum atomic E-state index is 14.0. The van der Waals surface area contributed by atoms with Crippen LogP contribution in [-0.4, -0.2) is 27.2 Å². The molecule has 0 saturated heterocycles. The van der Waals surface area contributed by atoms with Crippen molar-refractivity contribution in [3.8, 4) is 5.69 Å². The molecule has 6 nitrogen and oxygen atoms in total. The largest absolute Gasteiger partial charge is 0.330 e. The van der Waals surface area contributed by atoms with Crippen LogP contribution >= 0.6 is 0 Å². The van der Waals surface area contributed by atoms with E-state index in [9.17, 15) is 9.18 Å². The molecule has 0 bridgehead atoms. The summed E-state index contributed by atoms with van der Waals surface area (Å²) in [5, 5.41) is 6.51. The van der Waals surface area contributed by atoms with Crippen molar-refractivity contribution in [1.29, 1.82) is 0 Å². The van der Waals surface area contributed by atoms with Gasteiger partial charge < -0.3 is 11.1 Å². The summed E-state index contributed by atoms with van der Waals surface area (Å²) in [5.74, 6) is -0.874. The molecule has 0 aliphatic rings. The van der Waals surface area contributed by atoms with Crippen molar-refractivity contribution in [2.24, 2.45) is 11.7 Å². The first-order valence-corrected chi connectivity index (χ1v) is 6.27. The molecule has 1 aromatic carbocycles. The van der Waals surface area contributed by atoms with Crippen molar-refractivity contribution in [3.63, 3.8) is 0 Å². The fourth-order valence-electron chi connectivity index (χ4n) is 1.75. The fraction of sp³-hybridized carbons (Fsp3) is 0.308. The van der Waals surface area contributed by atoms with Crippen LogP contribution in [0.4, 0.5) is 10.1 Å². The Hall–Kier alpha value is -2.28. The van der Waals surface area contributed by atoms with E-state index in [4.69, 9.17) is 5.73 Å². The van der Waals surface area contributed by atoms with Gasteiger partial charge in [-0.15, -0.1) is 0 Å². The van der Waals surface area contributed by atoms with E-state index in [1.165, 1.54) is 29.5 Å². The van der Waals surface area contributed by atoms with E-state index < -0.39 is 5.82 Å². The van der Waals surface area contributed by atoms with Gasteiger partial charge in [0.2, 0.25) is 5.91 Å². The first-order chi connectivity index (χ1) is 9.61. The Morgan fingerprint density at radius 1 is 1.55 bits per heavy atom. The summed E-state index contributed by atoms with van der Waals surface area (Å²) in [6.07, 6.45) is 3.31. The molecule has 1 amide bonds. The second-order valence-electron chi connectivity index (χ2n) is 4.47. The quantitative estimate of drug-likeness (QED) is 0.863. The van der Waals surface area contributed by atoms with E-state index in [0.717, 1.165) is 0 Å². The molecule has 0 aliphatic heterocycles. The molecule has 2 rings (SSSR count). The van der Waals surface area contributed by atoms with Crippen molar-refractivity contribution in [1.82, 2.24) is 14.8 Å². The van der Waals surface area contributed by atoms with Crippen molar-refractivity contribution < 1.29 is 9.18 Å². The number of halogens is 1. The summed E-state index contributed by atoms with van der Waals surface area (Å²) >= 11 is 0. The number of benzene rings is 1. The minimum Gasteiger partial charge on any atom is -0.330 e. The van der Waals surface area contributed by atoms with Gasteiger partial charge in [0.15, 0.2) is 5.82 Å². The van der Waals surface area contributed by atoms with Crippen LogP contribution in [0, 0.1) is 11.7 Å². The third kappa shape index (κ3) is 3.18. The topological polar surface area (TPSA) is 85.8 Å². The number of aromatic nitrogens is 3. The Bertz CT molecular complexity index is 584. The average Bonchev–Trinajstić information content (AvgIpc) is 2.93. The van der Waals surface area contributed by atoms with Gasteiger partial charge in [-0.05, 0) is 31.2 Å². The Morgan fingerprint density at radius 2 is 2.35 bits per heavy atom. The predicted molar refractivity (Wildman–Crippen MR) is 72.8 cm³/mol. The maximum absolute atomic E-state index is 14.0. The van der Waals surface area contributed by atoms with E-state index in [0.29, 0.717) is 18.7 Å². The molecular weight excluding hydrogens is 261 g/mol. The molecule has 3 N–H and O–H groups in total. The van der Waals surface area contributed by atoms with E-state index in [2.05, 4.69) is 15.4 Å². The van der Waals surface area contributed by atoms with E-state index in [-0.39, 0.29) is 17.5 Å². The zero-order valence-corrected chi connectivity index (χ0v) is 11.1. The van der Waals surface area contributed by atoms with E-state index >= 15 is 0 Å². The van der Waals surface area contributed by atoms with Gasteiger partial charge in [-0.25, -0.2) is 14.1 Å². The number of nitrogens with two attached hydrogens (primary N) is 1. The minimum absolute atomic E-state index is 0.177. The smallest absolute Gasteiger partial charge is 0.227 e. The van der Waals surface area contributed by atoms with Crippen LogP contribution in [0.25, 0.3) is 5.69 Å². The normalized spacial score (nSPS) is 12.2. The number of rotatable bonds is 5. The average molecular weight is 277 g/mol. The Kier molecular flexibility index (Phi) is 4.41. The van der Waals surface area contributed by atoms with Gasteiger partial charge in [0.1, 0.15) is 18.3 Å². The Balaban J connectivity index is 2.12. The summed E-state index contributed by atoms with van der Waals surface area (Å²) in [7, 11) is 0. The first-order valence-electron chi connectivity index (χ1n) is 6.27.